The maximum atomic E-state index is 12.2. The second kappa shape index (κ2) is 8.97. The van der Waals surface area contributed by atoms with Gasteiger partial charge in [0.15, 0.2) is 0 Å². The van der Waals surface area contributed by atoms with E-state index in [0.717, 1.165) is 0 Å². The van der Waals surface area contributed by atoms with Crippen molar-refractivity contribution in [3.63, 3.8) is 0 Å². The number of rotatable bonds is 5. The predicted octanol–water partition coefficient (Wildman–Crippen LogP) is 2.58. The molecule has 150 valence electrons. The van der Waals surface area contributed by atoms with E-state index in [2.05, 4.69) is 5.32 Å². The van der Waals surface area contributed by atoms with Crippen LogP contribution in [0.1, 0.15) is 54.9 Å². The number of hydrogen-bond donors (Lipinski definition) is 1. The Labute approximate surface area is 160 Å². The fraction of sp³-hybridized carbons (Fsp3) is 0.833. The molecular weight excluding hydrogens is 356 g/mol. The summed E-state index contributed by atoms with van der Waals surface area (Å²) in [4.78, 5) is 38.2. The van der Waals surface area contributed by atoms with E-state index in [0.29, 0.717) is 17.5 Å². The summed E-state index contributed by atoms with van der Waals surface area (Å²) in [6.07, 6.45) is -0.639. The number of hydrogen-bond acceptors (Lipinski definition) is 6. The Morgan fingerprint density at radius 3 is 2.31 bits per heavy atom. The van der Waals surface area contributed by atoms with E-state index in [-0.39, 0.29) is 18.9 Å². The first-order valence-corrected chi connectivity index (χ1v) is 9.91. The lowest BCUT2D eigenvalue weighted by molar-refractivity contribution is -0.155. The third-order valence-corrected chi connectivity index (χ3v) is 4.45. The molecule has 26 heavy (non-hydrogen) atoms. The molecule has 1 unspecified atom stereocenters. The van der Waals surface area contributed by atoms with E-state index < -0.39 is 29.3 Å². The minimum atomic E-state index is -0.646. The van der Waals surface area contributed by atoms with Crippen LogP contribution in [0.4, 0.5) is 4.79 Å². The lowest BCUT2D eigenvalue weighted by Gasteiger charge is -2.34. The molecule has 2 atom stereocenters. The number of alkyl carbamates (subject to hydrolysis) is 1. The largest absolute Gasteiger partial charge is 0.460 e. The molecule has 1 rings (SSSR count). The van der Waals surface area contributed by atoms with Gasteiger partial charge < -0.3 is 19.7 Å². The molecule has 1 N–H and O–H groups in total. The van der Waals surface area contributed by atoms with Crippen LogP contribution in [0.25, 0.3) is 0 Å². The normalized spacial score (nSPS) is 19.7. The molecule has 7 nitrogen and oxygen atoms in total. The van der Waals surface area contributed by atoms with Crippen LogP contribution in [0.5, 0.6) is 0 Å². The standard InChI is InChI=1S/C18H32N2O5S/c1-12-9-20(14(21)11-26-12)10-13(8-15(22)24-17(2,3)4)19-16(23)25-18(5,6)7/h12-13H,8-11H2,1-7H3,(H,19,23)/t12?,13-/m0/s1. The van der Waals surface area contributed by atoms with Gasteiger partial charge in [0.25, 0.3) is 0 Å². The Bertz CT molecular complexity index is 495. The summed E-state index contributed by atoms with van der Waals surface area (Å²) in [5.74, 6) is -0.00837. The third-order valence-electron chi connectivity index (χ3n) is 3.32. The lowest BCUT2D eigenvalue weighted by atomic mass is 10.1. The van der Waals surface area contributed by atoms with Crippen molar-refractivity contribution in [2.75, 3.05) is 18.8 Å². The highest BCUT2D eigenvalue weighted by Crippen LogP contribution is 2.20. The first-order valence-electron chi connectivity index (χ1n) is 8.86. The zero-order chi connectivity index (χ0) is 20.1. The van der Waals surface area contributed by atoms with Crippen molar-refractivity contribution in [1.29, 1.82) is 0 Å². The van der Waals surface area contributed by atoms with Gasteiger partial charge in [0.2, 0.25) is 5.91 Å². The molecule has 0 radical (unpaired) electrons. The SMILES string of the molecule is CC1CN(C[C@H](CC(=O)OC(C)(C)C)NC(=O)OC(C)(C)C)C(=O)CS1. The number of thioether (sulfide) groups is 1. The Morgan fingerprint density at radius 1 is 1.19 bits per heavy atom. The molecule has 0 spiro atoms. The van der Waals surface area contributed by atoms with Crippen LogP contribution < -0.4 is 5.32 Å². The maximum absolute atomic E-state index is 12.2. The summed E-state index contributed by atoms with van der Waals surface area (Å²) in [6, 6.07) is -0.570. The van der Waals surface area contributed by atoms with Crippen molar-refractivity contribution in [3.05, 3.63) is 0 Å². The zero-order valence-corrected chi connectivity index (χ0v) is 17.7. The van der Waals surface area contributed by atoms with Gasteiger partial charge in [0.1, 0.15) is 11.2 Å². The van der Waals surface area contributed by atoms with Crippen LogP contribution in [0.15, 0.2) is 0 Å². The van der Waals surface area contributed by atoms with Crippen molar-refractivity contribution in [1.82, 2.24) is 10.2 Å². The quantitative estimate of drug-likeness (QED) is 0.729. The molecule has 2 amide bonds. The zero-order valence-electron chi connectivity index (χ0n) is 16.9. The van der Waals surface area contributed by atoms with Crippen LogP contribution in [0.3, 0.4) is 0 Å². The highest BCUT2D eigenvalue weighted by Gasteiger charge is 2.30. The first-order chi connectivity index (χ1) is 11.7. The number of esters is 1. The molecule has 0 bridgehead atoms. The smallest absolute Gasteiger partial charge is 0.407 e. The van der Waals surface area contributed by atoms with Crippen LogP contribution in [-0.2, 0) is 19.1 Å². The molecule has 1 heterocycles. The van der Waals surface area contributed by atoms with Crippen molar-refractivity contribution in [2.45, 2.75) is 77.4 Å². The van der Waals surface area contributed by atoms with Crippen molar-refractivity contribution >= 4 is 29.7 Å². The molecular formula is C18H32N2O5S. The van der Waals surface area contributed by atoms with E-state index in [1.807, 2.05) is 6.92 Å². The summed E-state index contributed by atoms with van der Waals surface area (Å²) in [5, 5.41) is 3.03. The van der Waals surface area contributed by atoms with Gasteiger partial charge in [-0.15, -0.1) is 11.8 Å². The third kappa shape index (κ3) is 9.31. The summed E-state index contributed by atoms with van der Waals surface area (Å²) < 4.78 is 10.6. The molecule has 1 aliphatic rings. The number of amides is 2. The van der Waals surface area contributed by atoms with Gasteiger partial charge in [-0.3, -0.25) is 9.59 Å². The van der Waals surface area contributed by atoms with Gasteiger partial charge in [0.05, 0.1) is 18.2 Å². The molecule has 1 aliphatic heterocycles. The van der Waals surface area contributed by atoms with Crippen LogP contribution in [0.2, 0.25) is 0 Å². The molecule has 0 aromatic heterocycles. The highest BCUT2D eigenvalue weighted by atomic mass is 32.2. The molecule has 1 fully saturated rings. The number of carbonyl (C=O) groups is 3. The molecule has 0 saturated carbocycles. The molecule has 1 saturated heterocycles. The van der Waals surface area contributed by atoms with E-state index in [9.17, 15) is 14.4 Å². The summed E-state index contributed by atoms with van der Waals surface area (Å²) in [7, 11) is 0. The predicted molar refractivity (Wildman–Crippen MR) is 102 cm³/mol. The number of carbonyl (C=O) groups excluding carboxylic acids is 3. The van der Waals surface area contributed by atoms with Gasteiger partial charge in [-0.2, -0.15) is 0 Å². The number of nitrogens with one attached hydrogen (secondary N) is 1. The summed E-state index contributed by atoms with van der Waals surface area (Å²) in [5.41, 5.74) is -1.26. The molecule has 0 aliphatic carbocycles. The Balaban J connectivity index is 2.78. The van der Waals surface area contributed by atoms with Crippen LogP contribution >= 0.6 is 11.8 Å². The van der Waals surface area contributed by atoms with Gasteiger partial charge >= 0.3 is 12.1 Å². The highest BCUT2D eigenvalue weighted by molar-refractivity contribution is 8.00. The summed E-state index contributed by atoms with van der Waals surface area (Å²) in [6.45, 7) is 13.5. The number of nitrogens with zero attached hydrogens (tertiary/aromatic N) is 1. The average Bonchev–Trinajstić information content (AvgIpc) is 2.38. The topological polar surface area (TPSA) is 84.9 Å². The van der Waals surface area contributed by atoms with Gasteiger partial charge in [0, 0.05) is 18.3 Å². The second-order valence-corrected chi connectivity index (χ2v) is 9.98. The Hall–Kier alpha value is -1.44. The number of ether oxygens (including phenoxy) is 2. The van der Waals surface area contributed by atoms with E-state index in [1.54, 1.807) is 58.2 Å². The van der Waals surface area contributed by atoms with E-state index >= 15 is 0 Å². The Morgan fingerprint density at radius 2 is 1.77 bits per heavy atom. The Kier molecular flexibility index (Phi) is 7.80. The first kappa shape index (κ1) is 22.6. The van der Waals surface area contributed by atoms with E-state index in [4.69, 9.17) is 9.47 Å². The van der Waals surface area contributed by atoms with Gasteiger partial charge in [-0.25, -0.2) is 4.79 Å². The maximum Gasteiger partial charge on any atom is 0.407 e. The monoisotopic (exact) mass is 388 g/mol. The molecule has 8 heteroatoms. The average molecular weight is 389 g/mol. The molecule has 0 aromatic carbocycles. The fourth-order valence-electron chi connectivity index (χ4n) is 2.43. The van der Waals surface area contributed by atoms with Gasteiger partial charge in [-0.05, 0) is 41.5 Å². The van der Waals surface area contributed by atoms with Crippen molar-refractivity contribution < 1.29 is 23.9 Å². The second-order valence-electron chi connectivity index (χ2n) is 8.55. The lowest BCUT2D eigenvalue weighted by Crippen LogP contribution is -2.51. The van der Waals surface area contributed by atoms with E-state index in [1.165, 1.54) is 0 Å². The van der Waals surface area contributed by atoms with Crippen LogP contribution in [-0.4, -0.2) is 64.2 Å². The minimum Gasteiger partial charge on any atom is -0.460 e. The minimum absolute atomic E-state index is 0.00766. The summed E-state index contributed by atoms with van der Waals surface area (Å²) >= 11 is 1.61. The van der Waals surface area contributed by atoms with Gasteiger partial charge in [-0.1, -0.05) is 6.92 Å². The molecule has 0 aromatic rings. The van der Waals surface area contributed by atoms with Crippen molar-refractivity contribution in [2.24, 2.45) is 0 Å². The van der Waals surface area contributed by atoms with Crippen molar-refractivity contribution in [3.8, 4) is 0 Å². The fourth-order valence-corrected chi connectivity index (χ4v) is 3.33. The van der Waals surface area contributed by atoms with Crippen LogP contribution in [0, 0.1) is 0 Å².